The molecule has 5 heteroatoms. The Balaban J connectivity index is 1.59. The molecule has 0 aliphatic carbocycles. The van der Waals surface area contributed by atoms with Crippen LogP contribution in [0.25, 0.3) is 0 Å². The Bertz CT molecular complexity index is 758. The minimum absolute atomic E-state index is 0.0148. The number of hydrogen-bond donors (Lipinski definition) is 1. The van der Waals surface area contributed by atoms with Gasteiger partial charge in [-0.25, -0.2) is 0 Å². The van der Waals surface area contributed by atoms with E-state index in [2.05, 4.69) is 11.4 Å². The number of carbonyl (C=O) groups is 2. The van der Waals surface area contributed by atoms with Gasteiger partial charge in [0.05, 0.1) is 19.2 Å². The Morgan fingerprint density at radius 1 is 1.08 bits per heavy atom. The van der Waals surface area contributed by atoms with Gasteiger partial charge in [0.1, 0.15) is 5.75 Å². The fourth-order valence-corrected chi connectivity index (χ4v) is 2.90. The number of methoxy groups -OCH3 is 1. The highest BCUT2D eigenvalue weighted by Crippen LogP contribution is 2.19. The minimum atomic E-state index is -0.307. The molecule has 0 fully saturated rings. The van der Waals surface area contributed by atoms with Crippen molar-refractivity contribution in [1.29, 1.82) is 0 Å². The molecule has 0 aromatic heterocycles. The maximum Gasteiger partial charge on any atom is 0.255 e. The number of hydrogen-bond acceptors (Lipinski definition) is 3. The van der Waals surface area contributed by atoms with Crippen molar-refractivity contribution in [3.05, 3.63) is 65.2 Å². The van der Waals surface area contributed by atoms with E-state index in [4.69, 9.17) is 4.74 Å². The summed E-state index contributed by atoms with van der Waals surface area (Å²) in [5.41, 5.74) is 2.89. The lowest BCUT2D eigenvalue weighted by atomic mass is 10.00. The molecule has 0 radical (unpaired) electrons. The van der Waals surface area contributed by atoms with Gasteiger partial charge in [-0.15, -0.1) is 0 Å². The van der Waals surface area contributed by atoms with E-state index in [1.54, 1.807) is 29.2 Å². The van der Waals surface area contributed by atoms with Gasteiger partial charge in [-0.2, -0.15) is 0 Å². The van der Waals surface area contributed by atoms with Crippen molar-refractivity contribution in [3.8, 4) is 5.75 Å². The number of amides is 2. The summed E-state index contributed by atoms with van der Waals surface area (Å²) in [5.74, 6) is 0.111. The van der Waals surface area contributed by atoms with Crippen molar-refractivity contribution >= 4 is 11.8 Å². The Labute approximate surface area is 141 Å². The molecular formula is C19H20N2O3. The molecule has 0 unspecified atom stereocenters. The molecule has 1 aliphatic rings. The zero-order valence-corrected chi connectivity index (χ0v) is 13.6. The zero-order valence-electron chi connectivity index (χ0n) is 13.6. The van der Waals surface area contributed by atoms with Crippen LogP contribution in [0, 0.1) is 0 Å². The fraction of sp³-hybridized carbons (Fsp3) is 0.263. The summed E-state index contributed by atoms with van der Waals surface area (Å²) in [6.45, 7) is 1.26. The summed E-state index contributed by atoms with van der Waals surface area (Å²) >= 11 is 0. The molecule has 1 aliphatic heterocycles. The van der Waals surface area contributed by atoms with Crippen molar-refractivity contribution < 1.29 is 14.3 Å². The molecule has 2 aromatic rings. The number of carbonyl (C=O) groups excluding carboxylic acids is 2. The normalized spacial score (nSPS) is 13.1. The van der Waals surface area contributed by atoms with Crippen molar-refractivity contribution in [2.24, 2.45) is 0 Å². The number of rotatable bonds is 4. The van der Waals surface area contributed by atoms with Crippen molar-refractivity contribution in [1.82, 2.24) is 10.2 Å². The van der Waals surface area contributed by atoms with E-state index in [0.29, 0.717) is 24.4 Å². The number of nitrogens with one attached hydrogen (secondary N) is 1. The molecule has 0 bridgehead atoms. The predicted octanol–water partition coefficient (Wildman–Crippen LogP) is 2.01. The van der Waals surface area contributed by atoms with Gasteiger partial charge >= 0.3 is 0 Å². The lowest BCUT2D eigenvalue weighted by Gasteiger charge is -2.29. The van der Waals surface area contributed by atoms with Crippen LogP contribution in [-0.2, 0) is 17.8 Å². The summed E-state index contributed by atoms with van der Waals surface area (Å²) in [6.07, 6.45) is 0.850. The van der Waals surface area contributed by atoms with Crippen LogP contribution in [0.3, 0.4) is 0 Å². The molecule has 24 heavy (non-hydrogen) atoms. The van der Waals surface area contributed by atoms with E-state index in [1.807, 2.05) is 18.2 Å². The molecule has 124 valence electrons. The summed E-state index contributed by atoms with van der Waals surface area (Å²) in [6, 6.07) is 15.1. The average Bonchev–Trinajstić information content (AvgIpc) is 2.65. The summed E-state index contributed by atoms with van der Waals surface area (Å²) in [5, 5.41) is 2.68. The quantitative estimate of drug-likeness (QED) is 0.936. The molecule has 0 spiro atoms. The average molecular weight is 324 g/mol. The Morgan fingerprint density at radius 2 is 1.79 bits per heavy atom. The lowest BCUT2D eigenvalue weighted by molar-refractivity contribution is -0.131. The van der Waals surface area contributed by atoms with Crippen LogP contribution in [0.1, 0.15) is 21.5 Å². The maximum absolute atomic E-state index is 12.4. The Morgan fingerprint density at radius 3 is 2.58 bits per heavy atom. The van der Waals surface area contributed by atoms with Crippen LogP contribution in [-0.4, -0.2) is 36.9 Å². The first-order chi connectivity index (χ1) is 11.7. The molecule has 0 atom stereocenters. The first-order valence-electron chi connectivity index (χ1n) is 7.95. The van der Waals surface area contributed by atoms with Gasteiger partial charge in [0.15, 0.2) is 0 Å². The first-order valence-corrected chi connectivity index (χ1v) is 7.95. The highest BCUT2D eigenvalue weighted by molar-refractivity contribution is 5.98. The van der Waals surface area contributed by atoms with Gasteiger partial charge in [-0.3, -0.25) is 9.59 Å². The van der Waals surface area contributed by atoms with Crippen molar-refractivity contribution in [3.63, 3.8) is 0 Å². The third-order valence-electron chi connectivity index (χ3n) is 4.24. The zero-order chi connectivity index (χ0) is 16.9. The van der Waals surface area contributed by atoms with Crippen LogP contribution in [0.15, 0.2) is 48.5 Å². The van der Waals surface area contributed by atoms with Crippen molar-refractivity contribution in [2.75, 3.05) is 20.2 Å². The van der Waals surface area contributed by atoms with Crippen LogP contribution in [0.4, 0.5) is 0 Å². The van der Waals surface area contributed by atoms with E-state index in [1.165, 1.54) is 18.2 Å². The van der Waals surface area contributed by atoms with E-state index in [0.717, 1.165) is 6.42 Å². The number of fused-ring (bicyclic) bond motifs is 1. The van der Waals surface area contributed by atoms with Crippen LogP contribution < -0.4 is 10.1 Å². The number of ether oxygens (including phenoxy) is 1. The van der Waals surface area contributed by atoms with Crippen LogP contribution in [0.5, 0.6) is 5.75 Å². The van der Waals surface area contributed by atoms with Gasteiger partial charge in [0, 0.05) is 13.1 Å². The molecule has 0 saturated carbocycles. The minimum Gasteiger partial charge on any atom is -0.496 e. The Hall–Kier alpha value is -2.82. The second-order valence-corrected chi connectivity index (χ2v) is 5.72. The second kappa shape index (κ2) is 7.17. The maximum atomic E-state index is 12.4. The molecule has 1 heterocycles. The highest BCUT2D eigenvalue weighted by atomic mass is 16.5. The number of benzene rings is 2. The smallest absolute Gasteiger partial charge is 0.255 e. The van der Waals surface area contributed by atoms with Crippen LogP contribution in [0.2, 0.25) is 0 Å². The molecular weight excluding hydrogens is 304 g/mol. The van der Waals surface area contributed by atoms with Crippen LogP contribution >= 0.6 is 0 Å². The lowest BCUT2D eigenvalue weighted by Crippen LogP contribution is -2.42. The standard InChI is InChI=1S/C19H20N2O3/c1-24-17-9-5-4-8-16(17)19(23)20-12-18(22)21-11-10-14-6-2-3-7-15(14)13-21/h2-9H,10-13H2,1H3,(H,20,23). The van der Waals surface area contributed by atoms with E-state index in [-0.39, 0.29) is 18.4 Å². The van der Waals surface area contributed by atoms with Gasteiger partial charge < -0.3 is 15.0 Å². The van der Waals surface area contributed by atoms with E-state index < -0.39 is 0 Å². The molecule has 3 rings (SSSR count). The summed E-state index contributed by atoms with van der Waals surface area (Å²) in [7, 11) is 1.52. The molecule has 0 saturated heterocycles. The SMILES string of the molecule is COc1ccccc1C(=O)NCC(=O)N1CCc2ccccc2C1. The largest absolute Gasteiger partial charge is 0.496 e. The predicted molar refractivity (Wildman–Crippen MR) is 90.9 cm³/mol. The monoisotopic (exact) mass is 324 g/mol. The second-order valence-electron chi connectivity index (χ2n) is 5.72. The molecule has 2 aromatic carbocycles. The number of para-hydroxylation sites is 1. The Kier molecular flexibility index (Phi) is 4.79. The molecule has 1 N–H and O–H groups in total. The highest BCUT2D eigenvalue weighted by Gasteiger charge is 2.21. The van der Waals surface area contributed by atoms with E-state index in [9.17, 15) is 9.59 Å². The molecule has 2 amide bonds. The topological polar surface area (TPSA) is 58.6 Å². The van der Waals surface area contributed by atoms with Gasteiger partial charge in [0.2, 0.25) is 5.91 Å². The number of nitrogens with zero attached hydrogens (tertiary/aromatic N) is 1. The van der Waals surface area contributed by atoms with Gasteiger partial charge in [0.25, 0.3) is 5.91 Å². The summed E-state index contributed by atoms with van der Waals surface area (Å²) in [4.78, 5) is 26.4. The third kappa shape index (κ3) is 3.40. The van der Waals surface area contributed by atoms with Crippen molar-refractivity contribution in [2.45, 2.75) is 13.0 Å². The van der Waals surface area contributed by atoms with E-state index >= 15 is 0 Å². The van der Waals surface area contributed by atoms with Gasteiger partial charge in [-0.05, 0) is 29.7 Å². The molecule has 5 nitrogen and oxygen atoms in total. The third-order valence-corrected chi connectivity index (χ3v) is 4.24. The van der Waals surface area contributed by atoms with Gasteiger partial charge in [-0.1, -0.05) is 36.4 Å². The fourth-order valence-electron chi connectivity index (χ4n) is 2.90. The summed E-state index contributed by atoms with van der Waals surface area (Å²) < 4.78 is 5.17. The first kappa shape index (κ1) is 16.1.